The van der Waals surface area contributed by atoms with Crippen LogP contribution in [0.2, 0.25) is 0 Å². The first-order valence-electron chi connectivity index (χ1n) is 11.9. The Morgan fingerprint density at radius 1 is 0.808 bits per heavy atom. The van der Waals surface area contributed by atoms with Crippen molar-refractivity contribution in [1.29, 1.82) is 0 Å². The second kappa shape index (κ2) is 15.5. The summed E-state index contributed by atoms with van der Waals surface area (Å²) in [6.07, 6.45) is 21.9. The first-order chi connectivity index (χ1) is 12.7. The molecule has 0 radical (unpaired) electrons. The molecule has 26 heavy (non-hydrogen) atoms. The van der Waals surface area contributed by atoms with Gasteiger partial charge in [-0.15, -0.1) is 0 Å². The van der Waals surface area contributed by atoms with Gasteiger partial charge in [-0.25, -0.2) is 0 Å². The highest BCUT2D eigenvalue weighted by Gasteiger charge is 2.27. The number of hydrogen-bond acceptors (Lipinski definition) is 2. The monoisotopic (exact) mass is 366 g/mol. The molecule has 1 rings (SSSR count). The fraction of sp³-hybridized carbons (Fsp3) is 0.958. The molecule has 0 unspecified atom stereocenters. The summed E-state index contributed by atoms with van der Waals surface area (Å²) in [5.41, 5.74) is 0. The second-order valence-corrected chi connectivity index (χ2v) is 8.55. The molecule has 0 heterocycles. The molecule has 1 aliphatic carbocycles. The number of carbonyl (C=O) groups excluding carboxylic acids is 1. The Hall–Kier alpha value is -0.530. The Bertz CT molecular complexity index is 339. The normalized spacial score (nSPS) is 21.0. The number of esters is 1. The van der Waals surface area contributed by atoms with Gasteiger partial charge < -0.3 is 4.74 Å². The van der Waals surface area contributed by atoms with Crippen molar-refractivity contribution < 1.29 is 9.53 Å². The molecule has 0 aromatic carbocycles. The van der Waals surface area contributed by atoms with Crippen LogP contribution in [0, 0.1) is 11.8 Å². The maximum Gasteiger partial charge on any atom is 0.305 e. The minimum absolute atomic E-state index is 0.0125. The predicted molar refractivity (Wildman–Crippen MR) is 112 cm³/mol. The van der Waals surface area contributed by atoms with Crippen LogP contribution in [0.1, 0.15) is 130 Å². The van der Waals surface area contributed by atoms with Gasteiger partial charge in [-0.3, -0.25) is 4.79 Å². The summed E-state index contributed by atoms with van der Waals surface area (Å²) in [5, 5.41) is 0. The molecule has 0 amide bonds. The highest BCUT2D eigenvalue weighted by Crippen LogP contribution is 2.39. The van der Waals surface area contributed by atoms with Gasteiger partial charge in [-0.05, 0) is 37.5 Å². The van der Waals surface area contributed by atoms with E-state index in [-0.39, 0.29) is 12.1 Å². The lowest BCUT2D eigenvalue weighted by Gasteiger charge is -2.23. The molecule has 0 aromatic heterocycles. The van der Waals surface area contributed by atoms with Gasteiger partial charge in [0.2, 0.25) is 0 Å². The van der Waals surface area contributed by atoms with Crippen molar-refractivity contribution in [3.63, 3.8) is 0 Å². The van der Waals surface area contributed by atoms with Crippen LogP contribution in [0.5, 0.6) is 0 Å². The average molecular weight is 367 g/mol. The van der Waals surface area contributed by atoms with E-state index in [1.165, 1.54) is 89.9 Å². The predicted octanol–water partition coefficient (Wildman–Crippen LogP) is 7.84. The highest BCUT2D eigenvalue weighted by atomic mass is 16.5. The van der Waals surface area contributed by atoms with Gasteiger partial charge in [0.1, 0.15) is 6.10 Å². The summed E-state index contributed by atoms with van der Waals surface area (Å²) in [7, 11) is 0. The van der Waals surface area contributed by atoms with E-state index in [2.05, 4.69) is 13.8 Å². The van der Waals surface area contributed by atoms with E-state index in [9.17, 15) is 4.79 Å². The smallest absolute Gasteiger partial charge is 0.305 e. The minimum atomic E-state index is -0.0125. The quantitative estimate of drug-likeness (QED) is 0.205. The molecule has 0 aromatic rings. The largest absolute Gasteiger partial charge is 0.462 e. The summed E-state index contributed by atoms with van der Waals surface area (Å²) in [6.45, 7) is 6.42. The molecule has 2 heteroatoms. The molecule has 1 fully saturated rings. The molecule has 3 atom stereocenters. The Morgan fingerprint density at radius 3 is 2.12 bits per heavy atom. The molecule has 0 aliphatic heterocycles. The molecule has 0 spiro atoms. The zero-order valence-electron chi connectivity index (χ0n) is 18.1. The molecule has 0 N–H and O–H groups in total. The lowest BCUT2D eigenvalue weighted by Crippen LogP contribution is -2.20. The van der Waals surface area contributed by atoms with E-state index in [1.807, 2.05) is 6.92 Å². The number of unbranched alkanes of at least 4 members (excludes halogenated alkanes) is 7. The third-order valence-electron chi connectivity index (χ3n) is 6.32. The third-order valence-corrected chi connectivity index (χ3v) is 6.32. The Labute approximate surface area is 163 Å². The summed E-state index contributed by atoms with van der Waals surface area (Å²) < 4.78 is 5.74. The molecule has 0 bridgehead atoms. The van der Waals surface area contributed by atoms with Gasteiger partial charge in [0.05, 0.1) is 0 Å². The molecule has 1 saturated carbocycles. The minimum Gasteiger partial charge on any atom is -0.462 e. The van der Waals surface area contributed by atoms with E-state index in [0.29, 0.717) is 6.42 Å². The van der Waals surface area contributed by atoms with E-state index in [1.54, 1.807) is 0 Å². The molecular formula is C24H46O2. The fourth-order valence-corrected chi connectivity index (χ4v) is 4.61. The van der Waals surface area contributed by atoms with Gasteiger partial charge in [0.15, 0.2) is 0 Å². The highest BCUT2D eigenvalue weighted by molar-refractivity contribution is 5.69. The van der Waals surface area contributed by atoms with Crippen molar-refractivity contribution in [3.8, 4) is 0 Å². The first kappa shape index (κ1) is 23.5. The van der Waals surface area contributed by atoms with Crippen LogP contribution in [-0.2, 0) is 9.53 Å². The van der Waals surface area contributed by atoms with E-state index in [4.69, 9.17) is 4.74 Å². The lowest BCUT2D eigenvalue weighted by atomic mass is 9.86. The molecular weight excluding hydrogens is 320 g/mol. The zero-order chi connectivity index (χ0) is 19.0. The summed E-state index contributed by atoms with van der Waals surface area (Å²) >= 11 is 0. The zero-order valence-corrected chi connectivity index (χ0v) is 18.1. The second-order valence-electron chi connectivity index (χ2n) is 8.55. The fourth-order valence-electron chi connectivity index (χ4n) is 4.61. The van der Waals surface area contributed by atoms with Gasteiger partial charge in [0, 0.05) is 6.42 Å². The Kier molecular flexibility index (Phi) is 14.0. The van der Waals surface area contributed by atoms with E-state index >= 15 is 0 Å². The standard InChI is InChI=1S/C24H46O2/c1-4-7-9-10-11-13-15-21-16-14-17-22(21)19-20-23(18-12-8-5-2)26-24(25)6-3/h21-23H,4-20H2,1-3H3/t21-,22+,23-/m0/s1. The number of rotatable bonds is 16. The van der Waals surface area contributed by atoms with Crippen molar-refractivity contribution in [1.82, 2.24) is 0 Å². The van der Waals surface area contributed by atoms with Crippen LogP contribution < -0.4 is 0 Å². The molecule has 154 valence electrons. The molecule has 2 nitrogen and oxygen atoms in total. The van der Waals surface area contributed by atoms with Crippen molar-refractivity contribution >= 4 is 5.97 Å². The topological polar surface area (TPSA) is 26.3 Å². The number of carbonyl (C=O) groups is 1. The van der Waals surface area contributed by atoms with Gasteiger partial charge in [0.25, 0.3) is 0 Å². The van der Waals surface area contributed by atoms with Crippen molar-refractivity contribution in [2.45, 2.75) is 136 Å². The van der Waals surface area contributed by atoms with Gasteiger partial charge in [-0.2, -0.15) is 0 Å². The van der Waals surface area contributed by atoms with Crippen LogP contribution in [0.25, 0.3) is 0 Å². The molecule has 0 saturated heterocycles. The van der Waals surface area contributed by atoms with Crippen LogP contribution in [0.3, 0.4) is 0 Å². The van der Waals surface area contributed by atoms with Crippen LogP contribution in [0.15, 0.2) is 0 Å². The Morgan fingerprint density at radius 2 is 1.42 bits per heavy atom. The number of ether oxygens (including phenoxy) is 1. The van der Waals surface area contributed by atoms with E-state index < -0.39 is 0 Å². The van der Waals surface area contributed by atoms with Crippen molar-refractivity contribution in [3.05, 3.63) is 0 Å². The summed E-state index contributed by atoms with van der Waals surface area (Å²) in [4.78, 5) is 11.7. The van der Waals surface area contributed by atoms with Crippen molar-refractivity contribution in [2.24, 2.45) is 11.8 Å². The number of hydrogen-bond donors (Lipinski definition) is 0. The third kappa shape index (κ3) is 10.6. The summed E-state index contributed by atoms with van der Waals surface area (Å²) in [5.74, 6) is 1.82. The maximum atomic E-state index is 11.7. The van der Waals surface area contributed by atoms with Crippen LogP contribution in [-0.4, -0.2) is 12.1 Å². The lowest BCUT2D eigenvalue weighted by molar-refractivity contribution is -0.149. The van der Waals surface area contributed by atoms with Crippen LogP contribution in [0.4, 0.5) is 0 Å². The van der Waals surface area contributed by atoms with Gasteiger partial charge in [-0.1, -0.05) is 97.8 Å². The average Bonchev–Trinajstić information content (AvgIpc) is 3.09. The van der Waals surface area contributed by atoms with Gasteiger partial charge >= 0.3 is 5.97 Å². The Balaban J connectivity index is 2.29. The van der Waals surface area contributed by atoms with E-state index in [0.717, 1.165) is 24.7 Å². The van der Waals surface area contributed by atoms with Crippen molar-refractivity contribution in [2.75, 3.05) is 0 Å². The summed E-state index contributed by atoms with van der Waals surface area (Å²) in [6, 6.07) is 0. The maximum absolute atomic E-state index is 11.7. The SMILES string of the molecule is CCCCCCCC[C@H]1CCC[C@@H]1CC[C@H](CCCCC)OC(=O)CC. The molecule has 1 aliphatic rings. The van der Waals surface area contributed by atoms with Crippen LogP contribution >= 0.6 is 0 Å². The first-order valence-corrected chi connectivity index (χ1v) is 11.9.